The Morgan fingerprint density at radius 2 is 2.08 bits per heavy atom. The summed E-state index contributed by atoms with van der Waals surface area (Å²) in [4.78, 5) is 12.9. The molecular weight excluding hydrogens is 314 g/mol. The zero-order valence-electron chi connectivity index (χ0n) is 15.4. The highest BCUT2D eigenvalue weighted by Gasteiger charge is 2.83. The number of hydrogen-bond acceptors (Lipinski definition) is 4. The van der Waals surface area contributed by atoms with Crippen LogP contribution in [0.25, 0.3) is 0 Å². The van der Waals surface area contributed by atoms with Crippen LogP contribution in [0.5, 0.6) is 0 Å². The van der Waals surface area contributed by atoms with E-state index in [9.17, 15) is 9.90 Å². The number of carbonyl (C=O) groups excluding carboxylic acids is 1. The molecule has 5 N–H and O–H groups in total. The van der Waals surface area contributed by atoms with Crippen LogP contribution in [0.4, 0.5) is 0 Å². The molecule has 0 bridgehead atoms. The maximum Gasteiger partial charge on any atom is 0.237 e. The summed E-state index contributed by atoms with van der Waals surface area (Å²) < 4.78 is 0. The molecular formula is C20H31N3O2. The van der Waals surface area contributed by atoms with Gasteiger partial charge in [-0.3, -0.25) is 4.79 Å². The molecule has 5 rings (SSSR count). The Morgan fingerprint density at radius 1 is 1.32 bits per heavy atom. The highest BCUT2D eigenvalue weighted by atomic mass is 16.3. The van der Waals surface area contributed by atoms with Gasteiger partial charge in [0.05, 0.1) is 12.1 Å². The lowest BCUT2D eigenvalue weighted by molar-refractivity contribution is -0.124. The van der Waals surface area contributed by atoms with Crippen LogP contribution in [0.3, 0.4) is 0 Å². The monoisotopic (exact) mass is 345 g/mol. The van der Waals surface area contributed by atoms with Crippen molar-refractivity contribution in [3.05, 3.63) is 11.3 Å². The number of aliphatic hydroxyl groups is 1. The van der Waals surface area contributed by atoms with Gasteiger partial charge in [-0.05, 0) is 66.3 Å². The van der Waals surface area contributed by atoms with Crippen LogP contribution in [0.15, 0.2) is 11.3 Å². The average Bonchev–Trinajstić information content (AvgIpc) is 2.80. The largest absolute Gasteiger partial charge is 0.400 e. The molecule has 0 aromatic carbocycles. The third-order valence-electron chi connectivity index (χ3n) is 9.16. The zero-order valence-corrected chi connectivity index (χ0v) is 15.4. The van der Waals surface area contributed by atoms with Crippen molar-refractivity contribution in [3.63, 3.8) is 0 Å². The number of fused-ring (bicyclic) bond motifs is 2. The number of allylic oxidation sites excluding steroid dienone is 1. The van der Waals surface area contributed by atoms with Crippen molar-refractivity contribution in [2.45, 2.75) is 77.0 Å². The van der Waals surface area contributed by atoms with Gasteiger partial charge >= 0.3 is 0 Å². The fourth-order valence-electron chi connectivity index (χ4n) is 7.11. The van der Waals surface area contributed by atoms with Crippen LogP contribution in [0.1, 0.15) is 58.8 Å². The van der Waals surface area contributed by atoms with Gasteiger partial charge in [0.2, 0.25) is 5.91 Å². The molecule has 25 heavy (non-hydrogen) atoms. The molecule has 3 saturated carbocycles. The van der Waals surface area contributed by atoms with E-state index < -0.39 is 6.10 Å². The lowest BCUT2D eigenvalue weighted by Crippen LogP contribution is -2.54. The van der Waals surface area contributed by atoms with Crippen molar-refractivity contribution >= 4 is 5.91 Å². The number of nitrogens with two attached hydrogens (primary N) is 1. The van der Waals surface area contributed by atoms with Crippen molar-refractivity contribution in [1.82, 2.24) is 10.6 Å². The number of carbonyl (C=O) groups is 1. The fraction of sp³-hybridized carbons (Fsp3) is 0.850. The van der Waals surface area contributed by atoms with Crippen LogP contribution >= 0.6 is 0 Å². The maximum absolute atomic E-state index is 12.9. The summed E-state index contributed by atoms with van der Waals surface area (Å²) >= 11 is 0. The van der Waals surface area contributed by atoms with Gasteiger partial charge in [-0.2, -0.15) is 0 Å². The third kappa shape index (κ3) is 1.74. The van der Waals surface area contributed by atoms with Crippen LogP contribution in [0.2, 0.25) is 0 Å². The van der Waals surface area contributed by atoms with Crippen molar-refractivity contribution in [2.24, 2.45) is 27.9 Å². The molecule has 4 fully saturated rings. The average molecular weight is 345 g/mol. The number of nitrogens with one attached hydrogen (secondary N) is 2. The quantitative estimate of drug-likeness (QED) is 0.609. The maximum atomic E-state index is 12.9. The second-order valence-electron chi connectivity index (χ2n) is 9.79. The van der Waals surface area contributed by atoms with Crippen molar-refractivity contribution in [3.8, 4) is 0 Å². The van der Waals surface area contributed by atoms with Crippen LogP contribution in [0, 0.1) is 22.2 Å². The fourth-order valence-corrected chi connectivity index (χ4v) is 7.11. The van der Waals surface area contributed by atoms with E-state index in [1.54, 1.807) is 0 Å². The molecule has 0 aromatic rings. The van der Waals surface area contributed by atoms with Crippen molar-refractivity contribution in [2.75, 3.05) is 6.54 Å². The van der Waals surface area contributed by atoms with Gasteiger partial charge < -0.3 is 21.5 Å². The Labute approximate surface area is 149 Å². The second kappa shape index (κ2) is 4.80. The Morgan fingerprint density at radius 3 is 2.64 bits per heavy atom. The minimum Gasteiger partial charge on any atom is -0.400 e. The molecule has 1 saturated heterocycles. The normalized spacial score (nSPS) is 45.7. The highest BCUT2D eigenvalue weighted by Crippen LogP contribution is 2.87. The molecule has 3 unspecified atom stereocenters. The molecule has 5 nitrogen and oxygen atoms in total. The molecule has 5 heteroatoms. The van der Waals surface area contributed by atoms with E-state index in [1.807, 2.05) is 0 Å². The summed E-state index contributed by atoms with van der Waals surface area (Å²) in [6.07, 6.45) is 7.18. The van der Waals surface area contributed by atoms with E-state index >= 15 is 0 Å². The Balaban J connectivity index is 1.26. The van der Waals surface area contributed by atoms with Crippen LogP contribution in [-0.4, -0.2) is 35.7 Å². The third-order valence-corrected chi connectivity index (χ3v) is 9.16. The molecule has 5 atom stereocenters. The summed E-state index contributed by atoms with van der Waals surface area (Å²) in [5, 5.41) is 17.1. The van der Waals surface area contributed by atoms with E-state index in [1.165, 1.54) is 24.8 Å². The summed E-state index contributed by atoms with van der Waals surface area (Å²) in [6.45, 7) is 5.74. The molecule has 1 heterocycles. The van der Waals surface area contributed by atoms with Crippen LogP contribution < -0.4 is 16.4 Å². The lowest BCUT2D eigenvalue weighted by Gasteiger charge is -2.42. The molecule has 0 radical (unpaired) electrons. The van der Waals surface area contributed by atoms with E-state index in [2.05, 4.69) is 24.5 Å². The second-order valence-corrected chi connectivity index (χ2v) is 9.79. The minimum atomic E-state index is -0.721. The van der Waals surface area contributed by atoms with Gasteiger partial charge in [-0.1, -0.05) is 20.3 Å². The van der Waals surface area contributed by atoms with Gasteiger partial charge in [0.15, 0.2) is 0 Å². The van der Waals surface area contributed by atoms with E-state index in [0.29, 0.717) is 27.9 Å². The Bertz CT molecular complexity index is 666. The van der Waals surface area contributed by atoms with Crippen LogP contribution in [-0.2, 0) is 4.79 Å². The van der Waals surface area contributed by atoms with Gasteiger partial charge in [0, 0.05) is 12.2 Å². The standard InChI is InChI=1S/C20H31N3O2/c1-18(2)19(6-3-7-19)20(18)9-14(22-10-20)17(25)23-13-8-11-4-5-12(11)15(21)16(13)24/h11,13-14,16,22,24H,3-10,21H2,1-2H3,(H,23,25)/t11?,13?,14-,16?,20+/m0/s1. The minimum absolute atomic E-state index is 0.0497. The number of aliphatic hydroxyl groups excluding tert-OH is 1. The topological polar surface area (TPSA) is 87.4 Å². The molecule has 0 aromatic heterocycles. The van der Waals surface area contributed by atoms with E-state index in [0.717, 1.165) is 32.2 Å². The predicted octanol–water partition coefficient (Wildman–Crippen LogP) is 1.42. The summed E-state index contributed by atoms with van der Waals surface area (Å²) in [5.41, 5.74) is 9.05. The first kappa shape index (κ1) is 16.1. The first-order valence-electron chi connectivity index (χ1n) is 10.0. The van der Waals surface area contributed by atoms with Crippen molar-refractivity contribution < 1.29 is 9.90 Å². The first-order valence-corrected chi connectivity index (χ1v) is 10.0. The summed E-state index contributed by atoms with van der Waals surface area (Å²) in [7, 11) is 0. The number of amides is 1. The highest BCUT2D eigenvalue weighted by molar-refractivity contribution is 5.83. The smallest absolute Gasteiger partial charge is 0.237 e. The molecule has 5 aliphatic rings. The van der Waals surface area contributed by atoms with Gasteiger partial charge in [-0.25, -0.2) is 0 Å². The van der Waals surface area contributed by atoms with E-state index in [4.69, 9.17) is 5.73 Å². The summed E-state index contributed by atoms with van der Waals surface area (Å²) in [5.74, 6) is 0.519. The lowest BCUT2D eigenvalue weighted by atomic mass is 9.69. The van der Waals surface area contributed by atoms with E-state index in [-0.39, 0.29) is 18.0 Å². The predicted molar refractivity (Wildman–Crippen MR) is 95.4 cm³/mol. The molecule has 2 spiro atoms. The molecule has 1 amide bonds. The molecule has 4 aliphatic carbocycles. The van der Waals surface area contributed by atoms with Gasteiger partial charge in [0.25, 0.3) is 0 Å². The Hall–Kier alpha value is -1.07. The summed E-state index contributed by atoms with van der Waals surface area (Å²) in [6, 6.07) is -0.357. The molecule has 1 aliphatic heterocycles. The first-order chi connectivity index (χ1) is 11.8. The SMILES string of the molecule is CC1(C)C2(CCC2)[C@]12CN[C@H](C(=O)NC1CC3CCC3=C(N)C1O)C2. The molecule has 138 valence electrons. The Kier molecular flexibility index (Phi) is 3.10. The van der Waals surface area contributed by atoms with Gasteiger partial charge in [-0.15, -0.1) is 0 Å². The number of rotatable bonds is 2. The zero-order chi connectivity index (χ0) is 17.6. The number of hydrogen-bond donors (Lipinski definition) is 4. The van der Waals surface area contributed by atoms with Crippen molar-refractivity contribution in [1.29, 1.82) is 0 Å². The van der Waals surface area contributed by atoms with Gasteiger partial charge in [0.1, 0.15) is 6.10 Å².